The zero-order chi connectivity index (χ0) is 22.5. The molecule has 2 heterocycles. The molecule has 0 radical (unpaired) electrons. The lowest BCUT2D eigenvalue weighted by molar-refractivity contribution is 0.0690. The zero-order valence-corrected chi connectivity index (χ0v) is 17.3. The number of pyridine rings is 1. The standard InChI is InChI=1S/C24H21N5O3/c1-16-21(18-7-3-2-4-8-18)22(23(30)31)28-29(16)20-11-9-19(10-12-20)27-24(32)26-15-17-6-5-13-25-14-17/h2-14H,15H2,1H3,(H,30,31)(H2,26,27,32). The molecule has 2 amide bonds. The van der Waals surface area contributed by atoms with E-state index in [4.69, 9.17) is 0 Å². The Morgan fingerprint density at radius 3 is 2.41 bits per heavy atom. The summed E-state index contributed by atoms with van der Waals surface area (Å²) in [4.78, 5) is 28.0. The Balaban J connectivity index is 1.52. The van der Waals surface area contributed by atoms with Crippen LogP contribution in [0.1, 0.15) is 21.7 Å². The third-order valence-corrected chi connectivity index (χ3v) is 4.93. The number of carbonyl (C=O) groups excluding carboxylic acids is 1. The van der Waals surface area contributed by atoms with Gasteiger partial charge in [0.2, 0.25) is 0 Å². The molecule has 0 fully saturated rings. The Hall–Kier alpha value is -4.46. The molecule has 160 valence electrons. The van der Waals surface area contributed by atoms with Gasteiger partial charge in [-0.25, -0.2) is 14.3 Å². The number of rotatable bonds is 6. The first kappa shape index (κ1) is 20.8. The van der Waals surface area contributed by atoms with E-state index in [0.29, 0.717) is 29.2 Å². The number of aromatic nitrogens is 3. The second-order valence-corrected chi connectivity index (χ2v) is 7.11. The van der Waals surface area contributed by atoms with Crippen LogP contribution in [0.5, 0.6) is 0 Å². The second-order valence-electron chi connectivity index (χ2n) is 7.11. The summed E-state index contributed by atoms with van der Waals surface area (Å²) in [6.45, 7) is 2.20. The van der Waals surface area contributed by atoms with Crippen molar-refractivity contribution < 1.29 is 14.7 Å². The Labute approximate surface area is 184 Å². The molecule has 0 bridgehead atoms. The van der Waals surface area contributed by atoms with Gasteiger partial charge < -0.3 is 15.7 Å². The van der Waals surface area contributed by atoms with Gasteiger partial charge in [-0.2, -0.15) is 5.10 Å². The maximum Gasteiger partial charge on any atom is 0.357 e. The molecular formula is C24H21N5O3. The summed E-state index contributed by atoms with van der Waals surface area (Å²) in [5.74, 6) is -1.09. The van der Waals surface area contributed by atoms with Crippen LogP contribution in [0.2, 0.25) is 0 Å². The van der Waals surface area contributed by atoms with Crippen molar-refractivity contribution in [3.63, 3.8) is 0 Å². The van der Waals surface area contributed by atoms with Gasteiger partial charge in [-0.05, 0) is 48.4 Å². The number of benzene rings is 2. The van der Waals surface area contributed by atoms with Crippen molar-refractivity contribution in [3.8, 4) is 16.8 Å². The molecular weight excluding hydrogens is 406 g/mol. The molecule has 2 aromatic carbocycles. The topological polar surface area (TPSA) is 109 Å². The van der Waals surface area contributed by atoms with Crippen molar-refractivity contribution in [2.75, 3.05) is 5.32 Å². The number of anilines is 1. The maximum atomic E-state index is 12.1. The van der Waals surface area contributed by atoms with Crippen LogP contribution in [0.3, 0.4) is 0 Å². The molecule has 0 aliphatic rings. The summed E-state index contributed by atoms with van der Waals surface area (Å²) in [6, 6.07) is 19.7. The van der Waals surface area contributed by atoms with E-state index >= 15 is 0 Å². The van der Waals surface area contributed by atoms with Gasteiger partial charge in [0.15, 0.2) is 5.69 Å². The highest BCUT2D eigenvalue weighted by Crippen LogP contribution is 2.29. The van der Waals surface area contributed by atoms with Gasteiger partial charge in [-0.15, -0.1) is 0 Å². The molecule has 0 unspecified atom stereocenters. The Morgan fingerprint density at radius 1 is 1.00 bits per heavy atom. The molecule has 0 spiro atoms. The number of carboxylic acids is 1. The summed E-state index contributed by atoms with van der Waals surface area (Å²) in [5.41, 5.74) is 4.26. The van der Waals surface area contributed by atoms with E-state index in [1.54, 1.807) is 41.3 Å². The fraction of sp³-hybridized carbons (Fsp3) is 0.0833. The van der Waals surface area contributed by atoms with Crippen molar-refractivity contribution >= 4 is 17.7 Å². The zero-order valence-electron chi connectivity index (χ0n) is 17.3. The van der Waals surface area contributed by atoms with Gasteiger partial charge in [0, 0.05) is 35.9 Å². The van der Waals surface area contributed by atoms with E-state index in [9.17, 15) is 14.7 Å². The average molecular weight is 427 g/mol. The van der Waals surface area contributed by atoms with Gasteiger partial charge >= 0.3 is 12.0 Å². The predicted molar refractivity (Wildman–Crippen MR) is 121 cm³/mol. The number of nitrogens with zero attached hydrogens (tertiary/aromatic N) is 3. The minimum absolute atomic E-state index is 0.00863. The molecule has 4 aromatic rings. The minimum atomic E-state index is -1.09. The summed E-state index contributed by atoms with van der Waals surface area (Å²) in [7, 11) is 0. The Kier molecular flexibility index (Phi) is 5.94. The highest BCUT2D eigenvalue weighted by molar-refractivity contribution is 5.95. The predicted octanol–water partition coefficient (Wildman–Crippen LogP) is 4.26. The van der Waals surface area contributed by atoms with E-state index in [-0.39, 0.29) is 11.7 Å². The third-order valence-electron chi connectivity index (χ3n) is 4.93. The summed E-state index contributed by atoms with van der Waals surface area (Å²) in [6.07, 6.45) is 3.37. The number of nitrogens with one attached hydrogen (secondary N) is 2. The van der Waals surface area contributed by atoms with E-state index < -0.39 is 5.97 Å². The van der Waals surface area contributed by atoms with Crippen LogP contribution in [-0.2, 0) is 6.54 Å². The van der Waals surface area contributed by atoms with Crippen LogP contribution < -0.4 is 10.6 Å². The van der Waals surface area contributed by atoms with Crippen molar-refractivity contribution in [2.24, 2.45) is 0 Å². The quantitative estimate of drug-likeness (QED) is 0.426. The van der Waals surface area contributed by atoms with Crippen LogP contribution in [0.15, 0.2) is 79.1 Å². The first-order chi connectivity index (χ1) is 15.5. The van der Waals surface area contributed by atoms with Crippen LogP contribution in [-0.4, -0.2) is 31.9 Å². The molecule has 8 heteroatoms. The molecule has 32 heavy (non-hydrogen) atoms. The molecule has 0 atom stereocenters. The van der Waals surface area contributed by atoms with Gasteiger partial charge in [-0.1, -0.05) is 36.4 Å². The highest BCUT2D eigenvalue weighted by atomic mass is 16.4. The van der Waals surface area contributed by atoms with Crippen molar-refractivity contribution in [3.05, 3.63) is 96.1 Å². The maximum absolute atomic E-state index is 12.1. The fourth-order valence-electron chi connectivity index (χ4n) is 3.40. The monoisotopic (exact) mass is 427 g/mol. The molecule has 4 rings (SSSR count). The van der Waals surface area contributed by atoms with Crippen molar-refractivity contribution in [2.45, 2.75) is 13.5 Å². The molecule has 0 aliphatic heterocycles. The fourth-order valence-corrected chi connectivity index (χ4v) is 3.40. The number of amides is 2. The minimum Gasteiger partial charge on any atom is -0.476 e. The lowest BCUT2D eigenvalue weighted by Crippen LogP contribution is -2.28. The Morgan fingerprint density at radius 2 is 1.75 bits per heavy atom. The molecule has 2 aromatic heterocycles. The number of hydrogen-bond acceptors (Lipinski definition) is 4. The van der Waals surface area contributed by atoms with Crippen LogP contribution in [0.25, 0.3) is 16.8 Å². The number of aromatic carboxylic acids is 1. The van der Waals surface area contributed by atoms with Crippen molar-refractivity contribution in [1.29, 1.82) is 0 Å². The highest BCUT2D eigenvalue weighted by Gasteiger charge is 2.22. The van der Waals surface area contributed by atoms with E-state index in [1.807, 2.05) is 49.4 Å². The summed E-state index contributed by atoms with van der Waals surface area (Å²) < 4.78 is 1.60. The summed E-state index contributed by atoms with van der Waals surface area (Å²) in [5, 5.41) is 19.5. The van der Waals surface area contributed by atoms with Gasteiger partial charge in [0.1, 0.15) is 0 Å². The SMILES string of the molecule is Cc1c(-c2ccccc2)c(C(=O)O)nn1-c1ccc(NC(=O)NCc2cccnc2)cc1. The van der Waals surface area contributed by atoms with Gasteiger partial charge in [-0.3, -0.25) is 4.98 Å². The van der Waals surface area contributed by atoms with Crippen molar-refractivity contribution in [1.82, 2.24) is 20.1 Å². The second kappa shape index (κ2) is 9.13. The molecule has 8 nitrogen and oxygen atoms in total. The number of carboxylic acid groups (broad SMARTS) is 1. The van der Waals surface area contributed by atoms with Crippen LogP contribution in [0, 0.1) is 6.92 Å². The molecule has 3 N–H and O–H groups in total. The Bertz CT molecular complexity index is 1240. The first-order valence-electron chi connectivity index (χ1n) is 9.95. The van der Waals surface area contributed by atoms with Crippen LogP contribution in [0.4, 0.5) is 10.5 Å². The smallest absolute Gasteiger partial charge is 0.357 e. The third kappa shape index (κ3) is 4.49. The summed E-state index contributed by atoms with van der Waals surface area (Å²) >= 11 is 0. The molecule has 0 aliphatic carbocycles. The lowest BCUT2D eigenvalue weighted by atomic mass is 10.0. The molecule has 0 saturated heterocycles. The first-order valence-corrected chi connectivity index (χ1v) is 9.95. The van der Waals surface area contributed by atoms with E-state index in [1.165, 1.54) is 0 Å². The van der Waals surface area contributed by atoms with E-state index in [2.05, 4.69) is 20.7 Å². The largest absolute Gasteiger partial charge is 0.476 e. The average Bonchev–Trinajstić information content (AvgIpc) is 3.17. The van der Waals surface area contributed by atoms with E-state index in [0.717, 1.165) is 11.1 Å². The normalized spacial score (nSPS) is 10.5. The lowest BCUT2D eigenvalue weighted by Gasteiger charge is -2.09. The van der Waals surface area contributed by atoms with Crippen LogP contribution >= 0.6 is 0 Å². The number of urea groups is 1. The number of carbonyl (C=O) groups is 2. The number of hydrogen-bond donors (Lipinski definition) is 3. The van der Waals surface area contributed by atoms with Gasteiger partial charge in [0.05, 0.1) is 5.69 Å². The molecule has 0 saturated carbocycles. The van der Waals surface area contributed by atoms with Gasteiger partial charge in [0.25, 0.3) is 0 Å².